The SMILES string of the molecule is CC1CN(c2ccc(F)cc2CNC(C)(C)C)CCS1. The van der Waals surface area contributed by atoms with E-state index in [2.05, 4.69) is 37.9 Å². The Bertz CT molecular complexity index is 456. The fourth-order valence-corrected chi connectivity index (χ4v) is 3.42. The lowest BCUT2D eigenvalue weighted by atomic mass is 10.1. The van der Waals surface area contributed by atoms with Gasteiger partial charge in [-0.15, -0.1) is 0 Å². The van der Waals surface area contributed by atoms with Gasteiger partial charge >= 0.3 is 0 Å². The van der Waals surface area contributed by atoms with Crippen LogP contribution in [0.25, 0.3) is 0 Å². The van der Waals surface area contributed by atoms with Crippen LogP contribution in [0.5, 0.6) is 0 Å². The van der Waals surface area contributed by atoms with E-state index in [9.17, 15) is 4.39 Å². The average molecular weight is 296 g/mol. The summed E-state index contributed by atoms with van der Waals surface area (Å²) in [7, 11) is 0. The quantitative estimate of drug-likeness (QED) is 0.916. The second kappa shape index (κ2) is 6.35. The zero-order valence-corrected chi connectivity index (χ0v) is 13.7. The number of thioether (sulfide) groups is 1. The van der Waals surface area contributed by atoms with Gasteiger partial charge in [0, 0.05) is 41.9 Å². The second-order valence-corrected chi connectivity index (χ2v) is 8.05. The first-order valence-electron chi connectivity index (χ1n) is 7.25. The maximum Gasteiger partial charge on any atom is 0.123 e. The summed E-state index contributed by atoms with van der Waals surface area (Å²) in [5, 5.41) is 4.09. The molecule has 2 rings (SSSR count). The van der Waals surface area contributed by atoms with Crippen LogP contribution in [-0.4, -0.2) is 29.6 Å². The monoisotopic (exact) mass is 296 g/mol. The first kappa shape index (κ1) is 15.6. The van der Waals surface area contributed by atoms with Crippen molar-refractivity contribution in [2.75, 3.05) is 23.7 Å². The molecule has 1 aromatic rings. The van der Waals surface area contributed by atoms with Crippen molar-refractivity contribution in [3.63, 3.8) is 0 Å². The van der Waals surface area contributed by atoms with E-state index in [1.165, 1.54) is 5.69 Å². The molecule has 1 heterocycles. The van der Waals surface area contributed by atoms with E-state index in [1.54, 1.807) is 12.1 Å². The molecule has 0 amide bonds. The fraction of sp³-hybridized carbons (Fsp3) is 0.625. The van der Waals surface area contributed by atoms with Gasteiger partial charge in [-0.05, 0) is 44.5 Å². The van der Waals surface area contributed by atoms with Crippen LogP contribution in [0.2, 0.25) is 0 Å². The zero-order chi connectivity index (χ0) is 14.8. The smallest absolute Gasteiger partial charge is 0.123 e. The molecule has 1 saturated heterocycles. The predicted octanol–water partition coefficient (Wildman–Crippen LogP) is 3.66. The van der Waals surface area contributed by atoms with Gasteiger partial charge in [0.15, 0.2) is 0 Å². The third-order valence-corrected chi connectivity index (χ3v) is 4.57. The van der Waals surface area contributed by atoms with Crippen molar-refractivity contribution >= 4 is 17.4 Å². The van der Waals surface area contributed by atoms with Crippen LogP contribution in [0.3, 0.4) is 0 Å². The molecule has 1 aliphatic heterocycles. The highest BCUT2D eigenvalue weighted by Gasteiger charge is 2.20. The Labute approximate surface area is 126 Å². The van der Waals surface area contributed by atoms with Gasteiger partial charge in [0.25, 0.3) is 0 Å². The van der Waals surface area contributed by atoms with Crippen LogP contribution < -0.4 is 10.2 Å². The Morgan fingerprint density at radius 3 is 2.80 bits per heavy atom. The van der Waals surface area contributed by atoms with Crippen molar-refractivity contribution < 1.29 is 4.39 Å². The van der Waals surface area contributed by atoms with E-state index in [0.717, 1.165) is 24.4 Å². The lowest BCUT2D eigenvalue weighted by Crippen LogP contribution is -2.39. The number of rotatable bonds is 3. The van der Waals surface area contributed by atoms with Crippen molar-refractivity contribution in [1.82, 2.24) is 5.32 Å². The third kappa shape index (κ3) is 4.38. The molecule has 0 aliphatic carbocycles. The number of benzene rings is 1. The summed E-state index contributed by atoms with van der Waals surface area (Å²) in [5.74, 6) is 0.990. The largest absolute Gasteiger partial charge is 0.369 e. The maximum atomic E-state index is 13.6. The highest BCUT2D eigenvalue weighted by molar-refractivity contribution is 8.00. The molecule has 0 bridgehead atoms. The van der Waals surface area contributed by atoms with Crippen LogP contribution in [-0.2, 0) is 6.54 Å². The predicted molar refractivity (Wildman–Crippen MR) is 87.1 cm³/mol. The molecule has 1 unspecified atom stereocenters. The van der Waals surface area contributed by atoms with E-state index in [1.807, 2.05) is 17.8 Å². The van der Waals surface area contributed by atoms with Gasteiger partial charge in [-0.1, -0.05) is 6.92 Å². The van der Waals surface area contributed by atoms with Crippen LogP contribution in [0, 0.1) is 5.82 Å². The van der Waals surface area contributed by atoms with E-state index in [0.29, 0.717) is 11.8 Å². The van der Waals surface area contributed by atoms with E-state index >= 15 is 0 Å². The minimum absolute atomic E-state index is 0.0363. The molecular formula is C16H25FN2S. The lowest BCUT2D eigenvalue weighted by Gasteiger charge is -2.34. The molecule has 2 nitrogen and oxygen atoms in total. The van der Waals surface area contributed by atoms with E-state index < -0.39 is 0 Å². The lowest BCUT2D eigenvalue weighted by molar-refractivity contribution is 0.423. The molecule has 0 radical (unpaired) electrons. The number of nitrogens with zero attached hydrogens (tertiary/aromatic N) is 1. The van der Waals surface area contributed by atoms with E-state index in [-0.39, 0.29) is 11.4 Å². The zero-order valence-electron chi connectivity index (χ0n) is 12.9. The van der Waals surface area contributed by atoms with Gasteiger partial charge in [-0.3, -0.25) is 0 Å². The Balaban J connectivity index is 2.18. The summed E-state index contributed by atoms with van der Waals surface area (Å²) in [4.78, 5) is 2.39. The minimum atomic E-state index is -0.154. The van der Waals surface area contributed by atoms with E-state index in [4.69, 9.17) is 0 Å². The van der Waals surface area contributed by atoms with Gasteiger partial charge in [-0.2, -0.15) is 11.8 Å². The number of nitrogens with one attached hydrogen (secondary N) is 1. The van der Waals surface area contributed by atoms with Crippen LogP contribution >= 0.6 is 11.8 Å². The van der Waals surface area contributed by atoms with Gasteiger partial charge in [0.05, 0.1) is 0 Å². The summed E-state index contributed by atoms with van der Waals surface area (Å²) in [5.41, 5.74) is 2.27. The standard InChI is InChI=1S/C16H25FN2S/c1-12-11-19(7-8-20-12)15-6-5-14(17)9-13(15)10-18-16(2,3)4/h5-6,9,12,18H,7-8,10-11H2,1-4H3. The Morgan fingerprint density at radius 1 is 1.40 bits per heavy atom. The molecule has 1 fully saturated rings. The molecule has 1 aliphatic rings. The van der Waals surface area contributed by atoms with Gasteiger partial charge < -0.3 is 10.2 Å². The number of hydrogen-bond donors (Lipinski definition) is 1. The van der Waals surface area contributed by atoms with Crippen molar-refractivity contribution in [2.24, 2.45) is 0 Å². The molecule has 0 saturated carbocycles. The second-order valence-electron chi connectivity index (χ2n) is 6.50. The number of halogens is 1. The molecule has 1 aromatic carbocycles. The maximum absolute atomic E-state index is 13.6. The molecule has 1 atom stereocenters. The molecule has 20 heavy (non-hydrogen) atoms. The van der Waals surface area contributed by atoms with Crippen molar-refractivity contribution in [2.45, 2.75) is 45.0 Å². The summed E-state index contributed by atoms with van der Waals surface area (Å²) in [6, 6.07) is 5.17. The average Bonchev–Trinajstić information content (AvgIpc) is 2.35. The summed E-state index contributed by atoms with van der Waals surface area (Å²) in [6.07, 6.45) is 0. The first-order valence-corrected chi connectivity index (χ1v) is 8.30. The van der Waals surface area contributed by atoms with Crippen LogP contribution in [0.4, 0.5) is 10.1 Å². The highest BCUT2D eigenvalue weighted by atomic mass is 32.2. The Hall–Kier alpha value is -0.740. The summed E-state index contributed by atoms with van der Waals surface area (Å²) >= 11 is 2.01. The highest BCUT2D eigenvalue weighted by Crippen LogP contribution is 2.27. The number of hydrogen-bond acceptors (Lipinski definition) is 3. The molecule has 112 valence electrons. The normalized spacial score (nSPS) is 20.2. The summed E-state index contributed by atoms with van der Waals surface area (Å²) < 4.78 is 13.6. The van der Waals surface area contributed by atoms with Gasteiger partial charge in [0.2, 0.25) is 0 Å². The van der Waals surface area contributed by atoms with Gasteiger partial charge in [-0.25, -0.2) is 4.39 Å². The van der Waals surface area contributed by atoms with Crippen molar-refractivity contribution in [1.29, 1.82) is 0 Å². The van der Waals surface area contributed by atoms with Crippen molar-refractivity contribution in [3.05, 3.63) is 29.6 Å². The first-order chi connectivity index (χ1) is 9.35. The Kier molecular flexibility index (Phi) is 4.97. The fourth-order valence-electron chi connectivity index (χ4n) is 2.40. The molecule has 1 N–H and O–H groups in total. The summed E-state index contributed by atoms with van der Waals surface area (Å²) in [6.45, 7) is 11.4. The minimum Gasteiger partial charge on any atom is -0.369 e. The molecule has 4 heteroatoms. The van der Waals surface area contributed by atoms with Gasteiger partial charge in [0.1, 0.15) is 5.82 Å². The number of anilines is 1. The van der Waals surface area contributed by atoms with Crippen LogP contribution in [0.1, 0.15) is 33.3 Å². The van der Waals surface area contributed by atoms with Crippen LogP contribution in [0.15, 0.2) is 18.2 Å². The third-order valence-electron chi connectivity index (χ3n) is 3.43. The Morgan fingerprint density at radius 2 is 2.15 bits per heavy atom. The molecule has 0 spiro atoms. The van der Waals surface area contributed by atoms with Crippen molar-refractivity contribution in [3.8, 4) is 0 Å². The molecular weight excluding hydrogens is 271 g/mol. The topological polar surface area (TPSA) is 15.3 Å². The molecule has 0 aromatic heterocycles.